The number of hydrogen-bond donors (Lipinski definition) is 0. The summed E-state index contributed by atoms with van der Waals surface area (Å²) in [4.78, 5) is 2.21. The van der Waals surface area contributed by atoms with Crippen LogP contribution in [0.3, 0.4) is 0 Å². The number of nitrogens with zero attached hydrogens (tertiary/aromatic N) is 1. The van der Waals surface area contributed by atoms with Crippen LogP contribution in [-0.4, -0.2) is 0 Å². The summed E-state index contributed by atoms with van der Waals surface area (Å²) in [5.41, 5.74) is 11.3. The third kappa shape index (κ3) is 5.71. The van der Waals surface area contributed by atoms with Gasteiger partial charge in [0.25, 0.3) is 0 Å². The summed E-state index contributed by atoms with van der Waals surface area (Å²) in [6.45, 7) is 0. The molecule has 10 rings (SSSR count). The summed E-state index contributed by atoms with van der Waals surface area (Å²) in [5, 5.41) is 2.18. The van der Waals surface area contributed by atoms with Gasteiger partial charge in [-0.2, -0.15) is 0 Å². The normalized spacial score (nSPS) is 13.1. The van der Waals surface area contributed by atoms with Gasteiger partial charge in [0.15, 0.2) is 0 Å². The lowest BCUT2D eigenvalue weighted by Crippen LogP contribution is -2.09. The molecule has 9 aromatic carbocycles. The molecule has 0 aliphatic carbocycles. The predicted octanol–water partition coefficient (Wildman–Crippen LogP) is 14.9. The second-order valence-corrected chi connectivity index (χ2v) is 13.2. The van der Waals surface area contributed by atoms with Crippen molar-refractivity contribution in [2.24, 2.45) is 0 Å². The highest BCUT2D eigenvalue weighted by atomic mass is 16.3. The van der Waals surface area contributed by atoms with Crippen LogP contribution in [0.5, 0.6) is 0 Å². The first kappa shape index (κ1) is 24.9. The molecule has 1 aromatic heterocycles. The van der Waals surface area contributed by atoms with Gasteiger partial charge < -0.3 is 9.32 Å². The van der Waals surface area contributed by atoms with Crippen molar-refractivity contribution in [1.29, 1.82) is 0 Å². The molecule has 2 heteroatoms. The Kier molecular flexibility index (Phi) is 6.20. The van der Waals surface area contributed by atoms with E-state index in [1.807, 2.05) is 66.7 Å². The summed E-state index contributed by atoms with van der Waals surface area (Å²) in [6, 6.07) is 54.6. The minimum absolute atomic E-state index is 0.0618. The van der Waals surface area contributed by atoms with Crippen LogP contribution in [0.2, 0.25) is 0 Å². The lowest BCUT2D eigenvalue weighted by molar-refractivity contribution is 0.670. The zero-order chi connectivity index (χ0) is 41.9. The summed E-state index contributed by atoms with van der Waals surface area (Å²) in [6.07, 6.45) is 0. The summed E-state index contributed by atoms with van der Waals surface area (Å²) >= 11 is 0. The van der Waals surface area contributed by atoms with E-state index < -0.39 is 18.1 Å². The fraction of sp³-hybridized carbons (Fsp3) is 0. The second kappa shape index (κ2) is 13.4. The average Bonchev–Trinajstić information content (AvgIpc) is 3.69. The van der Waals surface area contributed by atoms with Gasteiger partial charge in [0.2, 0.25) is 0 Å². The molecule has 0 N–H and O–H groups in total. The molecule has 2 nitrogen and oxygen atoms in total. The van der Waals surface area contributed by atoms with E-state index in [0.29, 0.717) is 5.56 Å². The third-order valence-corrected chi connectivity index (χ3v) is 10.00. The number of benzene rings is 9. The van der Waals surface area contributed by atoms with E-state index in [1.54, 1.807) is 6.07 Å². The van der Waals surface area contributed by atoms with Crippen LogP contribution >= 0.6 is 0 Å². The molecule has 54 heavy (non-hydrogen) atoms. The largest absolute Gasteiger partial charge is 0.455 e. The molecule has 0 amide bonds. The first-order valence-electron chi connectivity index (χ1n) is 21.3. The first-order chi connectivity index (χ1) is 29.7. The molecule has 0 atom stereocenters. The van der Waals surface area contributed by atoms with Gasteiger partial charge in [0.05, 0.1) is 9.60 Å². The average molecular weight is 697 g/mol. The van der Waals surface area contributed by atoms with Gasteiger partial charge in [0.1, 0.15) is 11.2 Å². The Morgan fingerprint density at radius 1 is 0.370 bits per heavy atom. The molecule has 0 unspecified atom stereocenters. The van der Waals surface area contributed by atoms with E-state index in [2.05, 4.69) is 102 Å². The molecule has 0 bridgehead atoms. The molecule has 0 saturated carbocycles. The highest BCUT2D eigenvalue weighted by Gasteiger charge is 2.16. The van der Waals surface area contributed by atoms with Crippen LogP contribution in [0.1, 0.15) is 9.60 Å². The minimum Gasteiger partial charge on any atom is -0.455 e. The Balaban J connectivity index is 1.04. The maximum Gasteiger partial charge on any atom is 0.143 e. The zero-order valence-electron chi connectivity index (χ0n) is 36.0. The van der Waals surface area contributed by atoms with E-state index >= 15 is 0 Å². The van der Waals surface area contributed by atoms with Crippen molar-refractivity contribution in [2.45, 2.75) is 0 Å². The molecule has 0 aliphatic rings. The predicted molar refractivity (Wildman–Crippen MR) is 228 cm³/mol. The van der Waals surface area contributed by atoms with Gasteiger partial charge in [-0.05, 0) is 98.2 Å². The van der Waals surface area contributed by atoms with Gasteiger partial charge in [-0.1, -0.05) is 164 Å². The van der Waals surface area contributed by atoms with Gasteiger partial charge >= 0.3 is 0 Å². The Morgan fingerprint density at radius 3 is 1.69 bits per heavy atom. The van der Waals surface area contributed by atoms with Gasteiger partial charge in [-0.25, -0.2) is 0 Å². The monoisotopic (exact) mass is 696 g/mol. The van der Waals surface area contributed by atoms with Crippen molar-refractivity contribution in [2.75, 3.05) is 4.90 Å². The fourth-order valence-corrected chi connectivity index (χ4v) is 7.33. The van der Waals surface area contributed by atoms with Crippen LogP contribution in [0.25, 0.3) is 77.2 Å². The molecule has 0 radical (unpaired) electrons. The summed E-state index contributed by atoms with van der Waals surface area (Å²) in [7, 11) is 0. The number of hydrogen-bond acceptors (Lipinski definition) is 2. The lowest BCUT2D eigenvalue weighted by atomic mass is 9.95. The van der Waals surface area contributed by atoms with Crippen molar-refractivity contribution < 1.29 is 14.0 Å². The second-order valence-electron chi connectivity index (χ2n) is 13.2. The van der Waals surface area contributed by atoms with Crippen molar-refractivity contribution in [3.63, 3.8) is 0 Å². The van der Waals surface area contributed by atoms with Crippen LogP contribution < -0.4 is 4.90 Å². The summed E-state index contributed by atoms with van der Waals surface area (Å²) < 4.78 is 66.2. The fourth-order valence-electron chi connectivity index (χ4n) is 7.33. The number of para-hydroxylation sites is 2. The number of rotatable bonds is 7. The summed E-state index contributed by atoms with van der Waals surface area (Å²) in [5.74, 6) is 0. The molecule has 0 aliphatic heterocycles. The molecular formula is C52H35NO. The molecule has 0 saturated heterocycles. The van der Waals surface area contributed by atoms with E-state index in [1.165, 1.54) is 0 Å². The quantitative estimate of drug-likeness (QED) is 0.165. The minimum atomic E-state index is -0.472. The molecule has 1 heterocycles. The standard InChI is InChI=1S/C52H35NO/c1-2-11-36(12-3-1)37-23-29-43(30-24-37)53(45-33-27-40(28-34-45)48-20-10-21-50-49-18-6-7-22-51(49)54-52(48)50)44-31-25-38(26-32-44)41-15-8-16-42(35-41)47-19-9-14-39-13-4-5-17-46(39)47/h1-35H/i4D,5D,9D,13D,14D,17D,19D. The van der Waals surface area contributed by atoms with Gasteiger partial charge in [-0.3, -0.25) is 0 Å². The van der Waals surface area contributed by atoms with E-state index in [0.717, 1.165) is 72.4 Å². The third-order valence-electron chi connectivity index (χ3n) is 10.00. The van der Waals surface area contributed by atoms with Gasteiger partial charge in [0, 0.05) is 33.4 Å². The molecule has 0 fully saturated rings. The van der Waals surface area contributed by atoms with E-state index in [-0.39, 0.29) is 40.5 Å². The van der Waals surface area contributed by atoms with Crippen LogP contribution in [0.15, 0.2) is 217 Å². The molecule has 0 spiro atoms. The molecular weight excluding hydrogens is 655 g/mol. The number of fused-ring (bicyclic) bond motifs is 4. The first-order valence-corrected chi connectivity index (χ1v) is 17.8. The van der Waals surface area contributed by atoms with E-state index in [9.17, 15) is 0 Å². The Bertz CT molecular complexity index is 3300. The maximum atomic E-state index is 8.87. The van der Waals surface area contributed by atoms with Crippen LogP contribution in [0, 0.1) is 0 Å². The van der Waals surface area contributed by atoms with Crippen LogP contribution in [0.4, 0.5) is 17.1 Å². The van der Waals surface area contributed by atoms with Crippen LogP contribution in [-0.2, 0) is 0 Å². The highest BCUT2D eigenvalue weighted by Crippen LogP contribution is 2.40. The SMILES string of the molecule is [2H]c1c([2H])c([2H])c2c(-c3cccc(-c4ccc(N(c5ccc(-c6ccccc6)cc5)c5ccc(-c6cccc7c6oc6ccccc67)cc5)cc4)c3)c([2H])c([2H])c([2H])c2c1[2H]. The van der Waals surface area contributed by atoms with E-state index in [4.69, 9.17) is 14.0 Å². The Labute approximate surface area is 324 Å². The number of furan rings is 1. The van der Waals surface area contributed by atoms with Gasteiger partial charge in [-0.15, -0.1) is 0 Å². The van der Waals surface area contributed by atoms with Crippen molar-refractivity contribution in [3.05, 3.63) is 212 Å². The maximum absolute atomic E-state index is 8.87. The van der Waals surface area contributed by atoms with Crippen molar-refractivity contribution >= 4 is 49.8 Å². The smallest absolute Gasteiger partial charge is 0.143 e. The van der Waals surface area contributed by atoms with Crippen molar-refractivity contribution in [1.82, 2.24) is 0 Å². The molecule has 254 valence electrons. The zero-order valence-corrected chi connectivity index (χ0v) is 29.0. The Morgan fingerprint density at radius 2 is 0.926 bits per heavy atom. The number of anilines is 3. The topological polar surface area (TPSA) is 16.4 Å². The lowest BCUT2D eigenvalue weighted by Gasteiger charge is -2.26. The molecule has 10 aromatic rings. The Hall–Kier alpha value is -7.16. The van der Waals surface area contributed by atoms with Crippen molar-refractivity contribution in [3.8, 4) is 44.5 Å². The highest BCUT2D eigenvalue weighted by molar-refractivity contribution is 6.09.